The normalized spacial score (nSPS) is 11.6. The van der Waals surface area contributed by atoms with Gasteiger partial charge in [-0.15, -0.1) is 0 Å². The number of alkyl halides is 3. The molecule has 4 rings (SSSR count). The van der Waals surface area contributed by atoms with Crippen LogP contribution < -0.4 is 10.6 Å². The first kappa shape index (κ1) is 18.9. The number of aromatic amines is 1. The Kier molecular flexibility index (Phi) is 4.88. The van der Waals surface area contributed by atoms with Crippen LogP contribution in [0.3, 0.4) is 0 Å². The predicted octanol–water partition coefficient (Wildman–Crippen LogP) is 6.04. The van der Waals surface area contributed by atoms with Gasteiger partial charge in [-0.05, 0) is 48.9 Å². The van der Waals surface area contributed by atoms with Gasteiger partial charge in [0, 0.05) is 22.8 Å². The van der Waals surface area contributed by atoms with E-state index in [4.69, 9.17) is 4.98 Å². The fourth-order valence-corrected chi connectivity index (χ4v) is 3.18. The molecule has 7 heteroatoms. The predicted molar refractivity (Wildman–Crippen MR) is 110 cm³/mol. The van der Waals surface area contributed by atoms with Crippen LogP contribution in [0.4, 0.5) is 24.5 Å². The number of hydrogen-bond acceptors (Lipinski definition) is 3. The van der Waals surface area contributed by atoms with Crippen molar-refractivity contribution in [2.75, 3.05) is 17.3 Å². The number of benzene rings is 2. The van der Waals surface area contributed by atoms with Crippen LogP contribution in [0.25, 0.3) is 22.3 Å². The van der Waals surface area contributed by atoms with Crippen molar-refractivity contribution in [3.8, 4) is 11.3 Å². The molecule has 4 aromatic rings. The standard InChI is InChI=1S/C22H19F3N4/c1-14-4-2-3-5-17(14)19-11-10-18-20(12-26-21(18)29-19)28-13-27-16-8-6-15(7-9-16)22(23,24)25/h2-12,27-28H,13H2,1H3,(H,26,29). The van der Waals surface area contributed by atoms with Gasteiger partial charge in [-0.25, -0.2) is 4.98 Å². The van der Waals surface area contributed by atoms with Crippen LogP contribution in [-0.4, -0.2) is 16.6 Å². The molecule has 0 fully saturated rings. The number of nitrogens with one attached hydrogen (secondary N) is 3. The first-order chi connectivity index (χ1) is 13.9. The van der Waals surface area contributed by atoms with Crippen molar-refractivity contribution in [3.05, 3.63) is 78.0 Å². The number of aromatic nitrogens is 2. The molecule has 29 heavy (non-hydrogen) atoms. The van der Waals surface area contributed by atoms with Gasteiger partial charge in [0.15, 0.2) is 0 Å². The number of rotatable bonds is 5. The highest BCUT2D eigenvalue weighted by molar-refractivity contribution is 5.91. The maximum atomic E-state index is 12.6. The summed E-state index contributed by atoms with van der Waals surface area (Å²) in [5.74, 6) is 0. The summed E-state index contributed by atoms with van der Waals surface area (Å²) in [7, 11) is 0. The van der Waals surface area contributed by atoms with Gasteiger partial charge in [0.1, 0.15) is 5.65 Å². The molecule has 2 heterocycles. The molecular weight excluding hydrogens is 377 g/mol. The summed E-state index contributed by atoms with van der Waals surface area (Å²) in [5.41, 5.74) is 4.71. The lowest BCUT2D eigenvalue weighted by atomic mass is 10.1. The molecule has 0 bridgehead atoms. The lowest BCUT2D eigenvalue weighted by molar-refractivity contribution is -0.137. The quantitative estimate of drug-likeness (QED) is 0.361. The zero-order valence-electron chi connectivity index (χ0n) is 15.6. The fourth-order valence-electron chi connectivity index (χ4n) is 3.18. The Morgan fingerprint density at radius 2 is 1.69 bits per heavy atom. The third-order valence-corrected chi connectivity index (χ3v) is 4.74. The Labute approximate surface area is 165 Å². The Morgan fingerprint density at radius 1 is 0.931 bits per heavy atom. The minimum Gasteiger partial charge on any atom is -0.368 e. The second-order valence-electron chi connectivity index (χ2n) is 6.72. The van der Waals surface area contributed by atoms with Crippen LogP contribution in [0.2, 0.25) is 0 Å². The zero-order chi connectivity index (χ0) is 20.4. The summed E-state index contributed by atoms with van der Waals surface area (Å²) in [5, 5.41) is 7.23. The number of halogens is 3. The average molecular weight is 396 g/mol. The maximum Gasteiger partial charge on any atom is 0.416 e. The minimum atomic E-state index is -4.33. The van der Waals surface area contributed by atoms with Crippen molar-refractivity contribution in [2.45, 2.75) is 13.1 Å². The Hall–Kier alpha value is -3.48. The number of anilines is 2. The van der Waals surface area contributed by atoms with E-state index in [0.29, 0.717) is 12.4 Å². The highest BCUT2D eigenvalue weighted by atomic mass is 19.4. The van der Waals surface area contributed by atoms with Crippen LogP contribution in [-0.2, 0) is 6.18 Å². The molecule has 4 nitrogen and oxygen atoms in total. The molecule has 0 saturated carbocycles. The summed E-state index contributed by atoms with van der Waals surface area (Å²) < 4.78 is 37.9. The molecule has 0 amide bonds. The Bertz CT molecular complexity index is 1130. The minimum absolute atomic E-state index is 0.359. The molecule has 2 aromatic carbocycles. The number of nitrogens with zero attached hydrogens (tertiary/aromatic N) is 1. The van der Waals surface area contributed by atoms with Crippen LogP contribution in [0, 0.1) is 6.92 Å². The lowest BCUT2D eigenvalue weighted by Gasteiger charge is -2.11. The van der Waals surface area contributed by atoms with E-state index in [2.05, 4.69) is 28.6 Å². The molecule has 148 valence electrons. The maximum absolute atomic E-state index is 12.6. The molecule has 0 spiro atoms. The van der Waals surface area contributed by atoms with Crippen molar-refractivity contribution < 1.29 is 13.2 Å². The highest BCUT2D eigenvalue weighted by Crippen LogP contribution is 2.30. The van der Waals surface area contributed by atoms with E-state index in [-0.39, 0.29) is 0 Å². The second kappa shape index (κ2) is 7.50. The van der Waals surface area contributed by atoms with Gasteiger partial charge in [-0.2, -0.15) is 13.2 Å². The van der Waals surface area contributed by atoms with Crippen molar-refractivity contribution in [1.82, 2.24) is 9.97 Å². The molecule has 0 saturated heterocycles. The average Bonchev–Trinajstić information content (AvgIpc) is 3.10. The fraction of sp³-hybridized carbons (Fsp3) is 0.136. The van der Waals surface area contributed by atoms with Crippen molar-refractivity contribution >= 4 is 22.4 Å². The Balaban J connectivity index is 1.44. The molecular formula is C22H19F3N4. The summed E-state index contributed by atoms with van der Waals surface area (Å²) in [6.07, 6.45) is -2.50. The second-order valence-corrected chi connectivity index (χ2v) is 6.72. The summed E-state index contributed by atoms with van der Waals surface area (Å²) in [6, 6.07) is 17.0. The van der Waals surface area contributed by atoms with E-state index in [0.717, 1.165) is 45.7 Å². The molecule has 0 aliphatic rings. The third kappa shape index (κ3) is 4.03. The first-order valence-electron chi connectivity index (χ1n) is 9.11. The van der Waals surface area contributed by atoms with E-state index < -0.39 is 11.7 Å². The van der Waals surface area contributed by atoms with E-state index >= 15 is 0 Å². The number of aryl methyl sites for hydroxylation is 1. The van der Waals surface area contributed by atoms with Gasteiger partial charge in [0.2, 0.25) is 0 Å². The van der Waals surface area contributed by atoms with Crippen LogP contribution in [0.15, 0.2) is 66.9 Å². The lowest BCUT2D eigenvalue weighted by Crippen LogP contribution is -2.12. The van der Waals surface area contributed by atoms with Crippen molar-refractivity contribution in [3.63, 3.8) is 0 Å². The zero-order valence-corrected chi connectivity index (χ0v) is 15.6. The SMILES string of the molecule is Cc1ccccc1-c1ccc2c(NCNc3ccc(C(F)(F)F)cc3)c[nH]c2n1. The van der Waals surface area contributed by atoms with Crippen LogP contribution in [0.5, 0.6) is 0 Å². The third-order valence-electron chi connectivity index (χ3n) is 4.74. The molecule has 0 aliphatic heterocycles. The largest absolute Gasteiger partial charge is 0.416 e. The number of pyridine rings is 1. The van der Waals surface area contributed by atoms with E-state index in [1.54, 1.807) is 0 Å². The molecule has 0 unspecified atom stereocenters. The monoisotopic (exact) mass is 396 g/mol. The van der Waals surface area contributed by atoms with Gasteiger partial charge in [0.25, 0.3) is 0 Å². The number of hydrogen-bond donors (Lipinski definition) is 3. The summed E-state index contributed by atoms with van der Waals surface area (Å²) in [6.45, 7) is 2.41. The molecule has 3 N–H and O–H groups in total. The van der Waals surface area contributed by atoms with E-state index in [9.17, 15) is 13.2 Å². The van der Waals surface area contributed by atoms with E-state index in [1.165, 1.54) is 12.1 Å². The van der Waals surface area contributed by atoms with Crippen LogP contribution in [0.1, 0.15) is 11.1 Å². The van der Waals surface area contributed by atoms with Crippen molar-refractivity contribution in [2.24, 2.45) is 0 Å². The first-order valence-corrected chi connectivity index (χ1v) is 9.11. The molecule has 0 radical (unpaired) electrons. The molecule has 0 atom stereocenters. The smallest absolute Gasteiger partial charge is 0.368 e. The van der Waals surface area contributed by atoms with Gasteiger partial charge < -0.3 is 15.6 Å². The molecule has 0 aliphatic carbocycles. The number of H-pyrrole nitrogens is 1. The van der Waals surface area contributed by atoms with E-state index in [1.807, 2.05) is 36.5 Å². The number of fused-ring (bicyclic) bond motifs is 1. The van der Waals surface area contributed by atoms with Crippen LogP contribution >= 0.6 is 0 Å². The van der Waals surface area contributed by atoms with Gasteiger partial charge >= 0.3 is 6.18 Å². The summed E-state index contributed by atoms with van der Waals surface area (Å²) >= 11 is 0. The Morgan fingerprint density at radius 3 is 2.41 bits per heavy atom. The topological polar surface area (TPSA) is 52.7 Å². The van der Waals surface area contributed by atoms with Gasteiger partial charge in [0.05, 0.1) is 23.6 Å². The van der Waals surface area contributed by atoms with Crippen molar-refractivity contribution in [1.29, 1.82) is 0 Å². The van der Waals surface area contributed by atoms with Gasteiger partial charge in [-0.3, -0.25) is 0 Å². The molecule has 2 aromatic heterocycles. The van der Waals surface area contributed by atoms with Gasteiger partial charge in [-0.1, -0.05) is 24.3 Å². The highest BCUT2D eigenvalue weighted by Gasteiger charge is 2.29. The summed E-state index contributed by atoms with van der Waals surface area (Å²) in [4.78, 5) is 7.87.